The SMILES string of the molecule is O=C1N[C@H](CO)[C@H](O)[C@H](OCc2ccccc2)[C@H]1OCc1ccccc1. The molecule has 26 heavy (non-hydrogen) atoms. The molecule has 1 aliphatic rings. The fourth-order valence-corrected chi connectivity index (χ4v) is 2.94. The lowest BCUT2D eigenvalue weighted by molar-refractivity contribution is -0.178. The van der Waals surface area contributed by atoms with Crippen LogP contribution in [0.2, 0.25) is 0 Å². The smallest absolute Gasteiger partial charge is 0.252 e. The molecule has 1 fully saturated rings. The zero-order valence-electron chi connectivity index (χ0n) is 14.3. The molecule has 138 valence electrons. The van der Waals surface area contributed by atoms with Crippen molar-refractivity contribution in [1.82, 2.24) is 5.32 Å². The molecule has 0 radical (unpaired) electrons. The predicted octanol–water partition coefficient (Wildman–Crippen LogP) is 1.01. The summed E-state index contributed by atoms with van der Waals surface area (Å²) < 4.78 is 11.6. The number of ether oxygens (including phenoxy) is 2. The minimum Gasteiger partial charge on any atom is -0.394 e. The van der Waals surface area contributed by atoms with Crippen LogP contribution in [0.25, 0.3) is 0 Å². The maximum absolute atomic E-state index is 12.4. The summed E-state index contributed by atoms with van der Waals surface area (Å²) in [6, 6.07) is 18.2. The number of aliphatic hydroxyl groups is 2. The normalized spacial score (nSPS) is 25.7. The standard InChI is InChI=1S/C20H23NO5/c22-11-16-17(23)18(25-12-14-7-3-1-4-8-14)19(20(24)21-16)26-13-15-9-5-2-6-10-15/h1-10,16-19,22-23H,11-13H2,(H,21,24)/t16-,17+,18+,19-/m1/s1. The van der Waals surface area contributed by atoms with Gasteiger partial charge in [0.1, 0.15) is 12.2 Å². The van der Waals surface area contributed by atoms with Crippen LogP contribution in [0.5, 0.6) is 0 Å². The second-order valence-electron chi connectivity index (χ2n) is 6.27. The van der Waals surface area contributed by atoms with E-state index in [1.54, 1.807) is 0 Å². The summed E-state index contributed by atoms with van der Waals surface area (Å²) in [4.78, 5) is 12.4. The van der Waals surface area contributed by atoms with E-state index >= 15 is 0 Å². The molecule has 1 aliphatic heterocycles. The molecular weight excluding hydrogens is 334 g/mol. The highest BCUT2D eigenvalue weighted by molar-refractivity contribution is 5.83. The highest BCUT2D eigenvalue weighted by Crippen LogP contribution is 2.21. The zero-order chi connectivity index (χ0) is 18.4. The second-order valence-corrected chi connectivity index (χ2v) is 6.27. The van der Waals surface area contributed by atoms with Gasteiger partial charge < -0.3 is 25.0 Å². The lowest BCUT2D eigenvalue weighted by Crippen LogP contribution is -2.65. The van der Waals surface area contributed by atoms with Crippen molar-refractivity contribution in [3.05, 3.63) is 71.8 Å². The van der Waals surface area contributed by atoms with Crippen LogP contribution in [0.3, 0.4) is 0 Å². The maximum Gasteiger partial charge on any atom is 0.252 e. The zero-order valence-corrected chi connectivity index (χ0v) is 14.3. The molecule has 1 saturated heterocycles. The van der Waals surface area contributed by atoms with Crippen molar-refractivity contribution >= 4 is 5.91 Å². The topological polar surface area (TPSA) is 88.0 Å². The summed E-state index contributed by atoms with van der Waals surface area (Å²) in [5.41, 5.74) is 1.84. The third kappa shape index (κ3) is 4.47. The summed E-state index contributed by atoms with van der Waals surface area (Å²) in [5.74, 6) is -0.400. The third-order valence-electron chi connectivity index (χ3n) is 4.39. The van der Waals surface area contributed by atoms with E-state index in [0.717, 1.165) is 11.1 Å². The van der Waals surface area contributed by atoms with Gasteiger partial charge in [-0.3, -0.25) is 4.79 Å². The molecule has 1 heterocycles. The number of hydrogen-bond donors (Lipinski definition) is 3. The highest BCUT2D eigenvalue weighted by atomic mass is 16.6. The first-order valence-corrected chi connectivity index (χ1v) is 8.59. The van der Waals surface area contributed by atoms with Gasteiger partial charge in [-0.2, -0.15) is 0 Å². The number of hydrogen-bond acceptors (Lipinski definition) is 5. The highest BCUT2D eigenvalue weighted by Gasteiger charge is 2.44. The Morgan fingerprint density at radius 3 is 1.96 bits per heavy atom. The summed E-state index contributed by atoms with van der Waals surface area (Å²) in [6.45, 7) is 0.0866. The van der Waals surface area contributed by atoms with Gasteiger partial charge in [-0.15, -0.1) is 0 Å². The molecule has 2 aromatic rings. The Morgan fingerprint density at radius 1 is 0.885 bits per heavy atom. The van der Waals surface area contributed by atoms with Gasteiger partial charge >= 0.3 is 0 Å². The molecule has 0 unspecified atom stereocenters. The molecule has 3 rings (SSSR count). The molecule has 0 aliphatic carbocycles. The molecule has 0 bridgehead atoms. The van der Waals surface area contributed by atoms with Crippen molar-refractivity contribution < 1.29 is 24.5 Å². The fraction of sp³-hybridized carbons (Fsp3) is 0.350. The van der Waals surface area contributed by atoms with Crippen molar-refractivity contribution in [3.63, 3.8) is 0 Å². The predicted molar refractivity (Wildman–Crippen MR) is 95.1 cm³/mol. The lowest BCUT2D eigenvalue weighted by atomic mass is 9.95. The number of carbonyl (C=O) groups is 1. The number of rotatable bonds is 7. The van der Waals surface area contributed by atoms with Crippen molar-refractivity contribution in [2.24, 2.45) is 0 Å². The van der Waals surface area contributed by atoms with E-state index in [0.29, 0.717) is 0 Å². The quantitative estimate of drug-likeness (QED) is 0.688. The molecule has 0 spiro atoms. The Balaban J connectivity index is 1.71. The number of aliphatic hydroxyl groups excluding tert-OH is 2. The van der Waals surface area contributed by atoms with Crippen molar-refractivity contribution in [1.29, 1.82) is 0 Å². The van der Waals surface area contributed by atoms with E-state index in [-0.39, 0.29) is 19.8 Å². The minimum atomic E-state index is -1.07. The first-order valence-electron chi connectivity index (χ1n) is 8.59. The van der Waals surface area contributed by atoms with Gasteiger partial charge in [-0.1, -0.05) is 60.7 Å². The molecule has 4 atom stereocenters. The average molecular weight is 357 g/mol. The van der Waals surface area contributed by atoms with Crippen LogP contribution in [0.4, 0.5) is 0 Å². The first-order chi connectivity index (χ1) is 12.7. The van der Waals surface area contributed by atoms with Gasteiger partial charge in [0.15, 0.2) is 6.10 Å². The van der Waals surface area contributed by atoms with Crippen LogP contribution >= 0.6 is 0 Å². The number of benzene rings is 2. The number of amides is 1. The van der Waals surface area contributed by atoms with E-state index in [2.05, 4.69) is 5.32 Å². The molecule has 0 aromatic heterocycles. The van der Waals surface area contributed by atoms with Gasteiger partial charge in [0, 0.05) is 0 Å². The van der Waals surface area contributed by atoms with Crippen molar-refractivity contribution in [2.45, 2.75) is 37.6 Å². The average Bonchev–Trinajstić information content (AvgIpc) is 2.69. The van der Waals surface area contributed by atoms with Gasteiger partial charge in [0.05, 0.1) is 25.9 Å². The van der Waals surface area contributed by atoms with Crippen LogP contribution in [0.15, 0.2) is 60.7 Å². The van der Waals surface area contributed by atoms with Crippen LogP contribution < -0.4 is 5.32 Å². The Hall–Kier alpha value is -2.25. The summed E-state index contributed by atoms with van der Waals surface area (Å²) >= 11 is 0. The molecule has 1 amide bonds. The number of carbonyl (C=O) groups excluding carboxylic acids is 1. The first kappa shape index (κ1) is 18.5. The number of nitrogens with one attached hydrogen (secondary N) is 1. The van der Waals surface area contributed by atoms with Crippen molar-refractivity contribution in [2.75, 3.05) is 6.61 Å². The van der Waals surface area contributed by atoms with E-state index in [4.69, 9.17) is 9.47 Å². The Labute approximate surface area is 152 Å². The van der Waals surface area contributed by atoms with Crippen LogP contribution in [0.1, 0.15) is 11.1 Å². The summed E-state index contributed by atoms with van der Waals surface area (Å²) in [6.07, 6.45) is -2.90. The van der Waals surface area contributed by atoms with Gasteiger partial charge in [-0.05, 0) is 11.1 Å². The van der Waals surface area contributed by atoms with E-state index < -0.39 is 30.3 Å². The molecular formula is C20H23NO5. The fourth-order valence-electron chi connectivity index (χ4n) is 2.94. The Bertz CT molecular complexity index is 694. The second kappa shape index (κ2) is 8.91. The minimum absolute atomic E-state index is 0.223. The lowest BCUT2D eigenvalue weighted by Gasteiger charge is -2.39. The van der Waals surface area contributed by atoms with E-state index in [1.165, 1.54) is 0 Å². The van der Waals surface area contributed by atoms with Gasteiger partial charge in [0.2, 0.25) is 0 Å². The number of piperidine rings is 1. The van der Waals surface area contributed by atoms with Crippen LogP contribution in [-0.4, -0.2) is 47.1 Å². The largest absolute Gasteiger partial charge is 0.394 e. The van der Waals surface area contributed by atoms with E-state index in [9.17, 15) is 15.0 Å². The monoisotopic (exact) mass is 357 g/mol. The molecule has 2 aromatic carbocycles. The molecule has 6 nitrogen and oxygen atoms in total. The maximum atomic E-state index is 12.4. The molecule has 0 saturated carbocycles. The van der Waals surface area contributed by atoms with E-state index in [1.807, 2.05) is 60.7 Å². The van der Waals surface area contributed by atoms with Gasteiger partial charge in [-0.25, -0.2) is 0 Å². The van der Waals surface area contributed by atoms with Crippen LogP contribution in [-0.2, 0) is 27.5 Å². The summed E-state index contributed by atoms with van der Waals surface area (Å²) in [7, 11) is 0. The van der Waals surface area contributed by atoms with Gasteiger partial charge in [0.25, 0.3) is 5.91 Å². The Kier molecular flexibility index (Phi) is 6.35. The molecule has 3 N–H and O–H groups in total. The van der Waals surface area contributed by atoms with Crippen molar-refractivity contribution in [3.8, 4) is 0 Å². The Morgan fingerprint density at radius 2 is 1.42 bits per heavy atom. The molecule has 6 heteroatoms. The third-order valence-corrected chi connectivity index (χ3v) is 4.39. The summed E-state index contributed by atoms with van der Waals surface area (Å²) in [5, 5.41) is 22.5. The van der Waals surface area contributed by atoms with Crippen LogP contribution in [0, 0.1) is 0 Å².